The molecule has 3 rings (SSSR count). The van der Waals surface area contributed by atoms with Crippen LogP contribution in [0.1, 0.15) is 19.4 Å². The van der Waals surface area contributed by atoms with Crippen LogP contribution in [0.2, 0.25) is 0 Å². The van der Waals surface area contributed by atoms with Crippen molar-refractivity contribution in [2.75, 3.05) is 26.8 Å². The number of methoxy groups -OCH3 is 1. The fourth-order valence-electron chi connectivity index (χ4n) is 3.60. The molecule has 1 heterocycles. The lowest BCUT2D eigenvalue weighted by Crippen LogP contribution is -2.58. The quantitative estimate of drug-likeness (QED) is 0.739. The number of para-hydroxylation sites is 1. The van der Waals surface area contributed by atoms with E-state index in [4.69, 9.17) is 9.47 Å². The van der Waals surface area contributed by atoms with Crippen molar-refractivity contribution in [3.8, 4) is 11.5 Å². The zero-order chi connectivity index (χ0) is 21.0. The minimum absolute atomic E-state index is 0.0229. The third kappa shape index (κ3) is 5.03. The number of carbonyl (C=O) groups is 1. The maximum absolute atomic E-state index is 14.0. The first-order valence-electron chi connectivity index (χ1n) is 9.62. The zero-order valence-corrected chi connectivity index (χ0v) is 16.9. The first-order valence-corrected chi connectivity index (χ1v) is 9.62. The van der Waals surface area contributed by atoms with Gasteiger partial charge in [0, 0.05) is 31.7 Å². The summed E-state index contributed by atoms with van der Waals surface area (Å²) in [7, 11) is 1.42. The molecule has 2 aromatic carbocycles. The number of piperazine rings is 1. The second-order valence-corrected chi connectivity index (χ2v) is 7.36. The van der Waals surface area contributed by atoms with E-state index in [1.54, 1.807) is 23.1 Å². The van der Waals surface area contributed by atoms with Crippen molar-refractivity contribution in [3.63, 3.8) is 0 Å². The third-order valence-corrected chi connectivity index (χ3v) is 5.23. The molecule has 2 aromatic rings. The van der Waals surface area contributed by atoms with Crippen LogP contribution >= 0.6 is 0 Å². The molecule has 0 N–H and O–H groups in total. The Bertz CT molecular complexity index is 844. The van der Waals surface area contributed by atoms with E-state index in [0.717, 1.165) is 5.56 Å². The maximum Gasteiger partial charge on any atom is 0.260 e. The van der Waals surface area contributed by atoms with Crippen LogP contribution in [0.25, 0.3) is 0 Å². The second kappa shape index (κ2) is 9.22. The fourth-order valence-corrected chi connectivity index (χ4v) is 3.60. The van der Waals surface area contributed by atoms with Gasteiger partial charge in [-0.15, -0.1) is 0 Å². The Labute approximate surface area is 169 Å². The third-order valence-electron chi connectivity index (χ3n) is 5.23. The van der Waals surface area contributed by atoms with E-state index in [9.17, 15) is 13.6 Å². The number of hydrogen-bond acceptors (Lipinski definition) is 4. The van der Waals surface area contributed by atoms with Gasteiger partial charge in [0.25, 0.3) is 5.91 Å². The van der Waals surface area contributed by atoms with Gasteiger partial charge >= 0.3 is 0 Å². The van der Waals surface area contributed by atoms with Crippen LogP contribution in [-0.2, 0) is 11.3 Å². The summed E-state index contributed by atoms with van der Waals surface area (Å²) in [4.78, 5) is 16.7. The van der Waals surface area contributed by atoms with Gasteiger partial charge in [0.1, 0.15) is 5.82 Å². The molecule has 1 amide bonds. The van der Waals surface area contributed by atoms with Gasteiger partial charge in [0.15, 0.2) is 23.9 Å². The minimum atomic E-state index is -0.567. The van der Waals surface area contributed by atoms with E-state index < -0.39 is 5.82 Å². The molecule has 1 saturated heterocycles. The minimum Gasteiger partial charge on any atom is -0.493 e. The second-order valence-electron chi connectivity index (χ2n) is 7.36. The standard InChI is InChI=1S/C22H26F2N2O3/c1-15-12-26(16(2)11-25(15)13-17-7-9-18(23)10-8-17)21(27)14-29-22-19(24)5-4-6-20(22)28-3/h4-10,15-16H,11-14H2,1-3H3. The molecule has 2 atom stereocenters. The number of amides is 1. The van der Waals surface area contributed by atoms with Crippen LogP contribution in [0.3, 0.4) is 0 Å². The van der Waals surface area contributed by atoms with E-state index >= 15 is 0 Å². The first kappa shape index (κ1) is 21.0. The summed E-state index contributed by atoms with van der Waals surface area (Å²) in [6.07, 6.45) is 0. The molecular weight excluding hydrogens is 378 g/mol. The van der Waals surface area contributed by atoms with Gasteiger partial charge in [-0.2, -0.15) is 0 Å². The zero-order valence-electron chi connectivity index (χ0n) is 16.9. The largest absolute Gasteiger partial charge is 0.493 e. The van der Waals surface area contributed by atoms with Crippen molar-refractivity contribution < 1.29 is 23.0 Å². The lowest BCUT2D eigenvalue weighted by atomic mass is 10.1. The molecular formula is C22H26F2N2O3. The van der Waals surface area contributed by atoms with E-state index in [2.05, 4.69) is 11.8 Å². The number of nitrogens with zero attached hydrogens (tertiary/aromatic N) is 2. The Morgan fingerprint density at radius 1 is 1.07 bits per heavy atom. The molecule has 0 radical (unpaired) electrons. The summed E-state index contributed by atoms with van der Waals surface area (Å²) < 4.78 is 37.7. The average molecular weight is 404 g/mol. The molecule has 0 aromatic heterocycles. The summed E-state index contributed by atoms with van der Waals surface area (Å²) in [6.45, 7) is 5.69. The van der Waals surface area contributed by atoms with Gasteiger partial charge in [-0.1, -0.05) is 18.2 Å². The van der Waals surface area contributed by atoms with Crippen LogP contribution in [0.4, 0.5) is 8.78 Å². The highest BCUT2D eigenvalue weighted by Gasteiger charge is 2.32. The molecule has 5 nitrogen and oxygen atoms in total. The van der Waals surface area contributed by atoms with Crippen LogP contribution in [0.5, 0.6) is 11.5 Å². The van der Waals surface area contributed by atoms with E-state index in [0.29, 0.717) is 19.6 Å². The molecule has 7 heteroatoms. The summed E-state index contributed by atoms with van der Waals surface area (Å²) in [5.74, 6) is -0.821. The number of hydrogen-bond donors (Lipinski definition) is 0. The van der Waals surface area contributed by atoms with E-state index in [1.165, 1.54) is 31.4 Å². The molecule has 0 saturated carbocycles. The lowest BCUT2D eigenvalue weighted by molar-refractivity contribution is -0.139. The van der Waals surface area contributed by atoms with Crippen LogP contribution in [0, 0.1) is 11.6 Å². The Morgan fingerprint density at radius 3 is 2.48 bits per heavy atom. The number of rotatable bonds is 6. The normalized spacial score (nSPS) is 19.8. The van der Waals surface area contributed by atoms with Gasteiger partial charge in [0.2, 0.25) is 0 Å². The van der Waals surface area contributed by atoms with Crippen molar-refractivity contribution in [2.45, 2.75) is 32.5 Å². The Balaban J connectivity index is 1.59. The summed E-state index contributed by atoms with van der Waals surface area (Å²) >= 11 is 0. The molecule has 0 spiro atoms. The molecule has 156 valence electrons. The molecule has 2 unspecified atom stereocenters. The van der Waals surface area contributed by atoms with Crippen LogP contribution in [-0.4, -0.2) is 54.6 Å². The lowest BCUT2D eigenvalue weighted by Gasteiger charge is -2.44. The van der Waals surface area contributed by atoms with Crippen molar-refractivity contribution in [2.24, 2.45) is 0 Å². The maximum atomic E-state index is 14.0. The van der Waals surface area contributed by atoms with Gasteiger partial charge in [-0.05, 0) is 43.7 Å². The van der Waals surface area contributed by atoms with Crippen LogP contribution in [0.15, 0.2) is 42.5 Å². The SMILES string of the molecule is COc1cccc(F)c1OCC(=O)N1CC(C)N(Cc2ccc(F)cc2)CC1C. The summed E-state index contributed by atoms with van der Waals surface area (Å²) in [5, 5.41) is 0. The van der Waals surface area contributed by atoms with Crippen molar-refractivity contribution in [1.82, 2.24) is 9.80 Å². The van der Waals surface area contributed by atoms with Crippen LogP contribution < -0.4 is 9.47 Å². The van der Waals surface area contributed by atoms with Gasteiger partial charge < -0.3 is 14.4 Å². The topological polar surface area (TPSA) is 42.0 Å². The Morgan fingerprint density at radius 2 is 1.79 bits per heavy atom. The van der Waals surface area contributed by atoms with E-state index in [-0.39, 0.29) is 41.9 Å². The predicted octanol–water partition coefficient (Wildman–Crippen LogP) is 3.47. The van der Waals surface area contributed by atoms with Gasteiger partial charge in [-0.25, -0.2) is 8.78 Å². The van der Waals surface area contributed by atoms with Gasteiger partial charge in [-0.3, -0.25) is 9.69 Å². The Hall–Kier alpha value is -2.67. The Kier molecular flexibility index (Phi) is 6.69. The molecule has 29 heavy (non-hydrogen) atoms. The first-order chi connectivity index (χ1) is 13.9. The van der Waals surface area contributed by atoms with Crippen molar-refractivity contribution >= 4 is 5.91 Å². The number of carbonyl (C=O) groups excluding carboxylic acids is 1. The van der Waals surface area contributed by atoms with Crippen molar-refractivity contribution in [1.29, 1.82) is 0 Å². The molecule has 0 aliphatic carbocycles. The smallest absolute Gasteiger partial charge is 0.260 e. The van der Waals surface area contributed by atoms with Gasteiger partial charge in [0.05, 0.1) is 7.11 Å². The fraction of sp³-hybridized carbons (Fsp3) is 0.409. The van der Waals surface area contributed by atoms with Crippen molar-refractivity contribution in [3.05, 3.63) is 59.7 Å². The monoisotopic (exact) mass is 404 g/mol. The predicted molar refractivity (Wildman–Crippen MR) is 106 cm³/mol. The highest BCUT2D eigenvalue weighted by molar-refractivity contribution is 5.78. The molecule has 1 aliphatic rings. The summed E-state index contributed by atoms with van der Waals surface area (Å²) in [6, 6.07) is 10.9. The summed E-state index contributed by atoms with van der Waals surface area (Å²) in [5.41, 5.74) is 1.03. The average Bonchev–Trinajstić information content (AvgIpc) is 2.70. The number of ether oxygens (including phenoxy) is 2. The highest BCUT2D eigenvalue weighted by Crippen LogP contribution is 2.29. The van der Waals surface area contributed by atoms with E-state index in [1.807, 2.05) is 6.92 Å². The molecule has 1 aliphatic heterocycles. The molecule has 1 fully saturated rings. The molecule has 0 bridgehead atoms. The number of benzene rings is 2. The number of halogens is 2. The highest BCUT2D eigenvalue weighted by atomic mass is 19.1.